The van der Waals surface area contributed by atoms with E-state index >= 15 is 0 Å². The molecule has 24 heavy (non-hydrogen) atoms. The summed E-state index contributed by atoms with van der Waals surface area (Å²) in [5, 5.41) is 0. The second kappa shape index (κ2) is 5.48. The molecule has 0 aliphatic heterocycles. The first-order valence-electron chi connectivity index (χ1n) is 9.27. The molecule has 0 amide bonds. The van der Waals surface area contributed by atoms with Crippen molar-refractivity contribution in [1.29, 1.82) is 0 Å². The Morgan fingerprint density at radius 1 is 0.708 bits per heavy atom. The highest BCUT2D eigenvalue weighted by Gasteiger charge is 2.38. The standard InChI is InChI=1S/C24H32/c1-17-8-10-18(11-9-17)24(6,7)19-12-13-20-21(16-19)23(4,5)15-14-22(20,2)3/h8-13,16H,14-15H2,1-7H3. The molecular formula is C24H32. The Bertz CT molecular complexity index is 742. The van der Waals surface area contributed by atoms with Gasteiger partial charge in [-0.15, -0.1) is 0 Å². The predicted octanol–water partition coefficient (Wildman–Crippen LogP) is 6.67. The summed E-state index contributed by atoms with van der Waals surface area (Å²) in [5.74, 6) is 0. The summed E-state index contributed by atoms with van der Waals surface area (Å²) < 4.78 is 0. The number of fused-ring (bicyclic) bond motifs is 1. The third kappa shape index (κ3) is 2.81. The molecule has 0 atom stereocenters. The van der Waals surface area contributed by atoms with Crippen molar-refractivity contribution in [2.75, 3.05) is 0 Å². The van der Waals surface area contributed by atoms with Gasteiger partial charge in [-0.3, -0.25) is 0 Å². The van der Waals surface area contributed by atoms with E-state index in [1.54, 1.807) is 11.1 Å². The van der Waals surface area contributed by atoms with Crippen molar-refractivity contribution in [1.82, 2.24) is 0 Å². The van der Waals surface area contributed by atoms with Crippen LogP contribution in [0, 0.1) is 6.92 Å². The fourth-order valence-corrected chi connectivity index (χ4v) is 4.11. The van der Waals surface area contributed by atoms with E-state index in [1.807, 2.05) is 0 Å². The Hall–Kier alpha value is -1.56. The van der Waals surface area contributed by atoms with Crippen LogP contribution < -0.4 is 0 Å². The van der Waals surface area contributed by atoms with Crippen LogP contribution in [0.15, 0.2) is 42.5 Å². The van der Waals surface area contributed by atoms with Crippen LogP contribution >= 0.6 is 0 Å². The molecule has 0 bridgehead atoms. The van der Waals surface area contributed by atoms with Crippen molar-refractivity contribution in [3.8, 4) is 0 Å². The lowest BCUT2D eigenvalue weighted by molar-refractivity contribution is 0.331. The van der Waals surface area contributed by atoms with Crippen molar-refractivity contribution < 1.29 is 0 Å². The molecule has 1 aliphatic carbocycles. The second-order valence-electron chi connectivity index (χ2n) is 9.52. The molecule has 0 radical (unpaired) electrons. The van der Waals surface area contributed by atoms with Crippen LogP contribution in [-0.4, -0.2) is 0 Å². The van der Waals surface area contributed by atoms with E-state index in [0.717, 1.165) is 0 Å². The summed E-state index contributed by atoms with van der Waals surface area (Å²) in [6, 6.07) is 16.3. The zero-order chi connectivity index (χ0) is 17.8. The number of hydrogen-bond donors (Lipinski definition) is 0. The van der Waals surface area contributed by atoms with Crippen LogP contribution in [0.1, 0.15) is 82.2 Å². The molecule has 0 heterocycles. The molecule has 0 saturated heterocycles. The molecule has 0 aromatic heterocycles. The van der Waals surface area contributed by atoms with E-state index < -0.39 is 0 Å². The van der Waals surface area contributed by atoms with Gasteiger partial charge >= 0.3 is 0 Å². The molecule has 0 fully saturated rings. The third-order valence-electron chi connectivity index (χ3n) is 6.35. The van der Waals surface area contributed by atoms with Crippen molar-refractivity contribution in [3.63, 3.8) is 0 Å². The molecule has 0 saturated carbocycles. The Morgan fingerprint density at radius 2 is 1.21 bits per heavy atom. The topological polar surface area (TPSA) is 0 Å². The van der Waals surface area contributed by atoms with Crippen LogP contribution in [0.5, 0.6) is 0 Å². The van der Waals surface area contributed by atoms with E-state index in [1.165, 1.54) is 29.5 Å². The van der Waals surface area contributed by atoms with Gasteiger partial charge in [0.15, 0.2) is 0 Å². The lowest BCUT2D eigenvalue weighted by atomic mass is 9.62. The van der Waals surface area contributed by atoms with Gasteiger partial charge in [-0.25, -0.2) is 0 Å². The molecule has 0 spiro atoms. The first kappa shape index (κ1) is 17.3. The zero-order valence-corrected chi connectivity index (χ0v) is 16.5. The second-order valence-corrected chi connectivity index (χ2v) is 9.52. The lowest BCUT2D eigenvalue weighted by Gasteiger charge is -2.43. The van der Waals surface area contributed by atoms with Gasteiger partial charge in [0.2, 0.25) is 0 Å². The van der Waals surface area contributed by atoms with Gasteiger partial charge in [-0.1, -0.05) is 89.6 Å². The minimum atomic E-state index is 0.0282. The summed E-state index contributed by atoms with van der Waals surface area (Å²) in [4.78, 5) is 0. The Labute approximate surface area is 148 Å². The van der Waals surface area contributed by atoms with Crippen LogP contribution in [-0.2, 0) is 16.2 Å². The first-order chi connectivity index (χ1) is 11.0. The molecule has 2 aromatic carbocycles. The number of aryl methyl sites for hydroxylation is 1. The molecule has 2 aromatic rings. The summed E-state index contributed by atoms with van der Waals surface area (Å²) >= 11 is 0. The lowest BCUT2D eigenvalue weighted by Crippen LogP contribution is -2.34. The fourth-order valence-electron chi connectivity index (χ4n) is 4.11. The maximum atomic E-state index is 2.50. The van der Waals surface area contributed by atoms with Crippen LogP contribution in [0.25, 0.3) is 0 Å². The van der Waals surface area contributed by atoms with Gasteiger partial charge in [0.05, 0.1) is 0 Å². The smallest absolute Gasteiger partial charge is 0.0146 e. The Balaban J connectivity index is 2.12. The van der Waals surface area contributed by atoms with Gasteiger partial charge in [-0.2, -0.15) is 0 Å². The number of rotatable bonds is 2. The SMILES string of the molecule is Cc1ccc(C(C)(C)c2ccc3c(c2)C(C)(C)CCC3(C)C)cc1. The molecule has 128 valence electrons. The van der Waals surface area contributed by atoms with Crippen molar-refractivity contribution in [2.24, 2.45) is 0 Å². The third-order valence-corrected chi connectivity index (χ3v) is 6.35. The summed E-state index contributed by atoms with van der Waals surface area (Å²) in [6.07, 6.45) is 2.54. The largest absolute Gasteiger partial charge is 0.0590 e. The summed E-state index contributed by atoms with van der Waals surface area (Å²) in [7, 11) is 0. The maximum Gasteiger partial charge on any atom is 0.0146 e. The van der Waals surface area contributed by atoms with Gasteiger partial charge in [0.25, 0.3) is 0 Å². The number of benzene rings is 2. The van der Waals surface area contributed by atoms with Crippen LogP contribution in [0.2, 0.25) is 0 Å². The van der Waals surface area contributed by atoms with E-state index in [4.69, 9.17) is 0 Å². The normalized spacial score (nSPS) is 19.0. The monoisotopic (exact) mass is 320 g/mol. The number of hydrogen-bond acceptors (Lipinski definition) is 0. The van der Waals surface area contributed by atoms with Gasteiger partial charge in [0.1, 0.15) is 0 Å². The molecule has 0 nitrogen and oxygen atoms in total. The summed E-state index contributed by atoms with van der Waals surface area (Å²) in [6.45, 7) is 16.5. The Morgan fingerprint density at radius 3 is 1.79 bits per heavy atom. The summed E-state index contributed by atoms with van der Waals surface area (Å²) in [5.41, 5.74) is 7.82. The van der Waals surface area contributed by atoms with Gasteiger partial charge < -0.3 is 0 Å². The van der Waals surface area contributed by atoms with E-state index in [-0.39, 0.29) is 16.2 Å². The fraction of sp³-hybridized carbons (Fsp3) is 0.500. The average molecular weight is 321 g/mol. The highest BCUT2D eigenvalue weighted by molar-refractivity contribution is 5.48. The molecule has 1 aliphatic rings. The quantitative estimate of drug-likeness (QED) is 0.579. The Kier molecular flexibility index (Phi) is 3.94. The van der Waals surface area contributed by atoms with Gasteiger partial charge in [-0.05, 0) is 52.8 Å². The van der Waals surface area contributed by atoms with E-state index in [9.17, 15) is 0 Å². The van der Waals surface area contributed by atoms with E-state index in [2.05, 4.69) is 90.9 Å². The van der Waals surface area contributed by atoms with Crippen molar-refractivity contribution in [3.05, 3.63) is 70.3 Å². The van der Waals surface area contributed by atoms with Crippen molar-refractivity contribution >= 4 is 0 Å². The molecule has 0 N–H and O–H groups in total. The minimum Gasteiger partial charge on any atom is -0.0590 e. The maximum absolute atomic E-state index is 2.50. The zero-order valence-electron chi connectivity index (χ0n) is 16.5. The van der Waals surface area contributed by atoms with Crippen molar-refractivity contribution in [2.45, 2.75) is 77.6 Å². The average Bonchev–Trinajstić information content (AvgIpc) is 2.52. The van der Waals surface area contributed by atoms with Crippen LogP contribution in [0.3, 0.4) is 0 Å². The predicted molar refractivity (Wildman–Crippen MR) is 105 cm³/mol. The highest BCUT2D eigenvalue weighted by Crippen LogP contribution is 2.47. The molecule has 0 heteroatoms. The molecule has 0 unspecified atom stereocenters. The minimum absolute atomic E-state index is 0.0282. The highest BCUT2D eigenvalue weighted by atomic mass is 14.4. The van der Waals surface area contributed by atoms with Gasteiger partial charge in [0, 0.05) is 5.41 Å². The van der Waals surface area contributed by atoms with Crippen LogP contribution in [0.4, 0.5) is 0 Å². The molecule has 3 rings (SSSR count). The first-order valence-corrected chi connectivity index (χ1v) is 9.27. The molecular weight excluding hydrogens is 288 g/mol. The van der Waals surface area contributed by atoms with E-state index in [0.29, 0.717) is 0 Å².